The summed E-state index contributed by atoms with van der Waals surface area (Å²) in [5.74, 6) is 0.749. The second kappa shape index (κ2) is 7.44. The van der Waals surface area contributed by atoms with Gasteiger partial charge >= 0.3 is 0 Å². The molecule has 2 atom stereocenters. The van der Waals surface area contributed by atoms with Crippen LogP contribution >= 0.6 is 0 Å². The molecule has 0 spiro atoms. The fraction of sp³-hybridized carbons (Fsp3) is 0.476. The van der Waals surface area contributed by atoms with Crippen LogP contribution < -0.4 is 5.32 Å². The minimum Gasteiger partial charge on any atom is -0.341 e. The minimum absolute atomic E-state index is 0.179. The molecular formula is C21H29N3O. The molecule has 1 aromatic carbocycles. The Morgan fingerprint density at radius 1 is 1.28 bits per heavy atom. The number of benzene rings is 1. The van der Waals surface area contributed by atoms with E-state index in [4.69, 9.17) is 0 Å². The second-order valence-electron chi connectivity index (χ2n) is 7.21. The molecule has 1 aliphatic heterocycles. The summed E-state index contributed by atoms with van der Waals surface area (Å²) in [5, 5.41) is 3.22. The summed E-state index contributed by atoms with van der Waals surface area (Å²) in [5.41, 5.74) is 4.32. The van der Waals surface area contributed by atoms with E-state index in [0.717, 1.165) is 43.0 Å². The largest absolute Gasteiger partial charge is 0.341 e. The molecule has 2 aromatic rings. The van der Waals surface area contributed by atoms with E-state index in [1.807, 2.05) is 18.0 Å². The summed E-state index contributed by atoms with van der Waals surface area (Å²) in [6, 6.07) is 12.7. The van der Waals surface area contributed by atoms with Crippen LogP contribution in [0.15, 0.2) is 36.4 Å². The fourth-order valence-electron chi connectivity index (χ4n) is 4.11. The van der Waals surface area contributed by atoms with Gasteiger partial charge in [-0.2, -0.15) is 0 Å². The molecule has 0 unspecified atom stereocenters. The molecule has 1 aromatic heterocycles. The number of likely N-dealkylation sites (tertiary alicyclic amines) is 1. The molecule has 1 N–H and O–H groups in total. The van der Waals surface area contributed by atoms with E-state index in [1.54, 1.807) is 0 Å². The van der Waals surface area contributed by atoms with Gasteiger partial charge in [-0.3, -0.25) is 4.79 Å². The monoisotopic (exact) mass is 339 g/mol. The van der Waals surface area contributed by atoms with Crippen molar-refractivity contribution >= 4 is 5.91 Å². The van der Waals surface area contributed by atoms with Crippen molar-refractivity contribution < 1.29 is 4.79 Å². The predicted octanol–water partition coefficient (Wildman–Crippen LogP) is 3.40. The number of nitrogens with one attached hydrogen (secondary N) is 1. The van der Waals surface area contributed by atoms with Gasteiger partial charge in [0, 0.05) is 24.5 Å². The van der Waals surface area contributed by atoms with E-state index in [2.05, 4.69) is 61.0 Å². The zero-order valence-corrected chi connectivity index (χ0v) is 15.7. The number of aryl methyl sites for hydroxylation is 1. The SMILES string of the molecule is CNC[C@@H]1CCN(C(=O)c2cc(C)n([C@@H](C)c3ccccc3)c2C)C1. The molecule has 4 nitrogen and oxygen atoms in total. The average molecular weight is 339 g/mol. The highest BCUT2D eigenvalue weighted by molar-refractivity contribution is 5.96. The summed E-state index contributed by atoms with van der Waals surface area (Å²) in [4.78, 5) is 15.0. The molecule has 0 bridgehead atoms. The van der Waals surface area contributed by atoms with Gasteiger partial charge in [0.15, 0.2) is 0 Å². The maximum Gasteiger partial charge on any atom is 0.255 e. The number of carbonyl (C=O) groups is 1. The first kappa shape index (κ1) is 17.7. The lowest BCUT2D eigenvalue weighted by Gasteiger charge is -2.20. The third-order valence-electron chi connectivity index (χ3n) is 5.45. The third-order valence-corrected chi connectivity index (χ3v) is 5.45. The van der Waals surface area contributed by atoms with Crippen molar-refractivity contribution in [2.75, 3.05) is 26.7 Å². The Morgan fingerprint density at radius 2 is 2.00 bits per heavy atom. The smallest absolute Gasteiger partial charge is 0.255 e. The van der Waals surface area contributed by atoms with Gasteiger partial charge in [-0.25, -0.2) is 0 Å². The average Bonchev–Trinajstić information content (AvgIpc) is 3.19. The van der Waals surface area contributed by atoms with E-state index in [-0.39, 0.29) is 11.9 Å². The molecular weight excluding hydrogens is 310 g/mol. The molecule has 0 saturated carbocycles. The normalized spacial score (nSPS) is 18.6. The predicted molar refractivity (Wildman–Crippen MR) is 102 cm³/mol. The van der Waals surface area contributed by atoms with Gasteiger partial charge in [-0.1, -0.05) is 30.3 Å². The van der Waals surface area contributed by atoms with Crippen molar-refractivity contribution in [1.82, 2.24) is 14.8 Å². The number of nitrogens with zero attached hydrogens (tertiary/aromatic N) is 2. The number of carbonyl (C=O) groups excluding carboxylic acids is 1. The van der Waals surface area contributed by atoms with Crippen molar-refractivity contribution in [1.29, 1.82) is 0 Å². The number of rotatable bonds is 5. The van der Waals surface area contributed by atoms with Crippen LogP contribution in [0, 0.1) is 19.8 Å². The standard InChI is InChI=1S/C21H29N3O/c1-15-12-20(21(25)23-11-10-18(14-23)13-22-4)17(3)24(15)16(2)19-8-6-5-7-9-19/h5-9,12,16,18,22H,10-11,13-14H2,1-4H3/t16-,18-/m0/s1. The Hall–Kier alpha value is -2.07. The van der Waals surface area contributed by atoms with Gasteiger partial charge in [0.05, 0.1) is 11.6 Å². The summed E-state index contributed by atoms with van der Waals surface area (Å²) >= 11 is 0. The van der Waals surface area contributed by atoms with Crippen LogP contribution in [0.1, 0.15) is 46.7 Å². The molecule has 1 aliphatic rings. The maximum atomic E-state index is 13.0. The van der Waals surface area contributed by atoms with Gasteiger partial charge in [-0.15, -0.1) is 0 Å². The van der Waals surface area contributed by atoms with Gasteiger partial charge in [0.25, 0.3) is 5.91 Å². The van der Waals surface area contributed by atoms with E-state index in [9.17, 15) is 4.79 Å². The molecule has 2 heterocycles. The zero-order chi connectivity index (χ0) is 18.0. The number of hydrogen-bond donors (Lipinski definition) is 1. The minimum atomic E-state index is 0.179. The van der Waals surface area contributed by atoms with Crippen LogP contribution in [-0.2, 0) is 0 Å². The van der Waals surface area contributed by atoms with Crippen LogP contribution in [-0.4, -0.2) is 42.1 Å². The fourth-order valence-corrected chi connectivity index (χ4v) is 4.11. The summed E-state index contributed by atoms with van der Waals surface area (Å²) in [6.45, 7) is 9.06. The quantitative estimate of drug-likeness (QED) is 0.906. The first-order chi connectivity index (χ1) is 12.0. The highest BCUT2D eigenvalue weighted by Crippen LogP contribution is 2.27. The number of amides is 1. The molecule has 1 saturated heterocycles. The summed E-state index contributed by atoms with van der Waals surface area (Å²) in [6.07, 6.45) is 1.09. The second-order valence-corrected chi connectivity index (χ2v) is 7.21. The lowest BCUT2D eigenvalue weighted by molar-refractivity contribution is 0.0786. The van der Waals surface area contributed by atoms with Crippen LogP contribution in [0.3, 0.4) is 0 Å². The lowest BCUT2D eigenvalue weighted by atomic mass is 10.1. The molecule has 4 heteroatoms. The lowest BCUT2D eigenvalue weighted by Crippen LogP contribution is -2.30. The van der Waals surface area contributed by atoms with Crippen molar-refractivity contribution in [3.8, 4) is 0 Å². The Morgan fingerprint density at radius 3 is 2.68 bits per heavy atom. The molecule has 1 amide bonds. The molecule has 0 radical (unpaired) electrons. The van der Waals surface area contributed by atoms with Crippen molar-refractivity contribution in [2.45, 2.75) is 33.2 Å². The highest BCUT2D eigenvalue weighted by Gasteiger charge is 2.29. The Labute approximate surface area is 150 Å². The van der Waals surface area contributed by atoms with Crippen molar-refractivity contribution in [2.24, 2.45) is 5.92 Å². The third kappa shape index (κ3) is 3.49. The Kier molecular flexibility index (Phi) is 5.28. The van der Waals surface area contributed by atoms with Gasteiger partial charge in [-0.05, 0) is 58.3 Å². The Balaban J connectivity index is 1.84. The highest BCUT2D eigenvalue weighted by atomic mass is 16.2. The van der Waals surface area contributed by atoms with Crippen LogP contribution in [0.5, 0.6) is 0 Å². The van der Waals surface area contributed by atoms with Gasteiger partial charge < -0.3 is 14.8 Å². The Bertz CT molecular complexity index is 735. The van der Waals surface area contributed by atoms with Crippen LogP contribution in [0.2, 0.25) is 0 Å². The van der Waals surface area contributed by atoms with Gasteiger partial charge in [0.2, 0.25) is 0 Å². The molecule has 0 aliphatic carbocycles. The first-order valence-corrected chi connectivity index (χ1v) is 9.20. The number of aromatic nitrogens is 1. The molecule has 1 fully saturated rings. The number of hydrogen-bond acceptors (Lipinski definition) is 2. The van der Waals surface area contributed by atoms with Crippen LogP contribution in [0.25, 0.3) is 0 Å². The summed E-state index contributed by atoms with van der Waals surface area (Å²) in [7, 11) is 1.98. The van der Waals surface area contributed by atoms with Crippen molar-refractivity contribution in [3.63, 3.8) is 0 Å². The van der Waals surface area contributed by atoms with Crippen molar-refractivity contribution in [3.05, 3.63) is 58.9 Å². The molecule has 3 rings (SSSR count). The molecule has 25 heavy (non-hydrogen) atoms. The topological polar surface area (TPSA) is 37.3 Å². The first-order valence-electron chi connectivity index (χ1n) is 9.20. The van der Waals surface area contributed by atoms with E-state index in [0.29, 0.717) is 5.92 Å². The maximum absolute atomic E-state index is 13.0. The zero-order valence-electron chi connectivity index (χ0n) is 15.7. The van der Waals surface area contributed by atoms with E-state index < -0.39 is 0 Å². The molecule has 134 valence electrons. The van der Waals surface area contributed by atoms with Gasteiger partial charge in [0.1, 0.15) is 0 Å². The summed E-state index contributed by atoms with van der Waals surface area (Å²) < 4.78 is 2.28. The van der Waals surface area contributed by atoms with E-state index >= 15 is 0 Å². The van der Waals surface area contributed by atoms with Crippen LogP contribution in [0.4, 0.5) is 0 Å². The van der Waals surface area contributed by atoms with E-state index in [1.165, 1.54) is 5.56 Å².